The monoisotopic (exact) mass is 239 g/mol. The van der Waals surface area contributed by atoms with Crippen molar-refractivity contribution in [1.29, 1.82) is 0 Å². The van der Waals surface area contributed by atoms with Crippen molar-refractivity contribution >= 4 is 27.8 Å². The lowest BCUT2D eigenvalue weighted by Crippen LogP contribution is -2.04. The van der Waals surface area contributed by atoms with Crippen LogP contribution in [0.4, 0.5) is 0 Å². The molecular formula is C15H13NO2. The largest absolute Gasteiger partial charge is 0.469 e. The van der Waals surface area contributed by atoms with Gasteiger partial charge in [-0.3, -0.25) is 4.79 Å². The van der Waals surface area contributed by atoms with Gasteiger partial charge in [0, 0.05) is 16.3 Å². The Hall–Kier alpha value is -2.29. The standard InChI is InChI=1S/C15H13NO2/c1-18-14(17)9-10-5-4-7-12-11-6-2-3-8-13(11)16-15(10)12/h2-8,16H,9H2,1H3. The summed E-state index contributed by atoms with van der Waals surface area (Å²) in [4.78, 5) is 14.8. The van der Waals surface area contributed by atoms with E-state index in [-0.39, 0.29) is 5.97 Å². The van der Waals surface area contributed by atoms with E-state index in [0.717, 1.165) is 22.0 Å². The predicted octanol–water partition coefficient (Wildman–Crippen LogP) is 3.04. The number of aromatic amines is 1. The van der Waals surface area contributed by atoms with Crippen LogP contribution in [-0.2, 0) is 16.0 Å². The van der Waals surface area contributed by atoms with Crippen LogP contribution in [0.1, 0.15) is 5.56 Å². The number of carbonyl (C=O) groups is 1. The summed E-state index contributed by atoms with van der Waals surface area (Å²) < 4.78 is 4.72. The van der Waals surface area contributed by atoms with Crippen LogP contribution in [0.3, 0.4) is 0 Å². The maximum Gasteiger partial charge on any atom is 0.310 e. The Kier molecular flexibility index (Phi) is 2.52. The number of fused-ring (bicyclic) bond motifs is 3. The maximum absolute atomic E-state index is 11.4. The van der Waals surface area contributed by atoms with Gasteiger partial charge >= 0.3 is 5.97 Å². The van der Waals surface area contributed by atoms with Gasteiger partial charge in [0.05, 0.1) is 19.0 Å². The highest BCUT2D eigenvalue weighted by Gasteiger charge is 2.10. The molecule has 1 N–H and O–H groups in total. The molecule has 0 saturated carbocycles. The number of benzene rings is 2. The zero-order valence-electron chi connectivity index (χ0n) is 10.1. The third-order valence-corrected chi connectivity index (χ3v) is 3.19. The number of nitrogens with one attached hydrogen (secondary N) is 1. The summed E-state index contributed by atoms with van der Waals surface area (Å²) in [7, 11) is 1.41. The Labute approximate surface area is 104 Å². The molecule has 0 atom stereocenters. The van der Waals surface area contributed by atoms with Crippen molar-refractivity contribution in [3.05, 3.63) is 48.0 Å². The number of esters is 1. The molecule has 90 valence electrons. The molecule has 0 aliphatic rings. The van der Waals surface area contributed by atoms with Crippen molar-refractivity contribution in [2.24, 2.45) is 0 Å². The van der Waals surface area contributed by atoms with Gasteiger partial charge in [-0.15, -0.1) is 0 Å². The predicted molar refractivity (Wildman–Crippen MR) is 71.5 cm³/mol. The van der Waals surface area contributed by atoms with Gasteiger partial charge in [-0.2, -0.15) is 0 Å². The first-order chi connectivity index (χ1) is 8.79. The van der Waals surface area contributed by atoms with Crippen LogP contribution in [0.15, 0.2) is 42.5 Å². The van der Waals surface area contributed by atoms with Crippen LogP contribution in [0, 0.1) is 0 Å². The van der Waals surface area contributed by atoms with Gasteiger partial charge < -0.3 is 9.72 Å². The molecule has 2 aromatic carbocycles. The molecule has 0 bridgehead atoms. The SMILES string of the molecule is COC(=O)Cc1cccc2c1[nH]c1ccccc12. The molecule has 3 nitrogen and oxygen atoms in total. The number of rotatable bonds is 2. The van der Waals surface area contributed by atoms with Crippen LogP contribution in [0.2, 0.25) is 0 Å². The quantitative estimate of drug-likeness (QED) is 0.698. The molecule has 1 heterocycles. The van der Waals surface area contributed by atoms with E-state index in [1.54, 1.807) is 0 Å². The lowest BCUT2D eigenvalue weighted by atomic mass is 10.1. The molecule has 0 amide bonds. The molecule has 3 heteroatoms. The van der Waals surface area contributed by atoms with E-state index >= 15 is 0 Å². The molecule has 0 saturated heterocycles. The molecule has 3 aromatic rings. The summed E-state index contributed by atoms with van der Waals surface area (Å²) >= 11 is 0. The average molecular weight is 239 g/mol. The Balaban J connectivity index is 2.24. The highest BCUT2D eigenvalue weighted by Crippen LogP contribution is 2.27. The summed E-state index contributed by atoms with van der Waals surface area (Å²) in [6, 6.07) is 14.1. The second-order valence-electron chi connectivity index (χ2n) is 4.26. The first-order valence-corrected chi connectivity index (χ1v) is 5.84. The van der Waals surface area contributed by atoms with E-state index in [9.17, 15) is 4.79 Å². The number of methoxy groups -OCH3 is 1. The summed E-state index contributed by atoms with van der Waals surface area (Å²) in [6.07, 6.45) is 0.292. The number of ether oxygens (including phenoxy) is 1. The van der Waals surface area contributed by atoms with Gasteiger partial charge in [0.1, 0.15) is 0 Å². The Morgan fingerprint density at radius 3 is 2.72 bits per heavy atom. The molecule has 0 aliphatic carbocycles. The van der Waals surface area contributed by atoms with Gasteiger partial charge in [-0.1, -0.05) is 36.4 Å². The number of carbonyl (C=O) groups excluding carboxylic acids is 1. The fourth-order valence-corrected chi connectivity index (χ4v) is 2.31. The van der Waals surface area contributed by atoms with Crippen LogP contribution in [0.5, 0.6) is 0 Å². The van der Waals surface area contributed by atoms with E-state index in [1.807, 2.05) is 30.3 Å². The van der Waals surface area contributed by atoms with Gasteiger partial charge in [-0.25, -0.2) is 0 Å². The lowest BCUT2D eigenvalue weighted by Gasteiger charge is -2.01. The molecule has 0 spiro atoms. The highest BCUT2D eigenvalue weighted by molar-refractivity contribution is 6.08. The van der Waals surface area contributed by atoms with Crippen LogP contribution < -0.4 is 0 Å². The first-order valence-electron chi connectivity index (χ1n) is 5.84. The van der Waals surface area contributed by atoms with Crippen molar-refractivity contribution in [3.63, 3.8) is 0 Å². The zero-order valence-corrected chi connectivity index (χ0v) is 10.1. The Morgan fingerprint density at radius 1 is 1.11 bits per heavy atom. The molecule has 3 rings (SSSR count). The molecule has 18 heavy (non-hydrogen) atoms. The Bertz CT molecular complexity index is 728. The van der Waals surface area contributed by atoms with Crippen molar-refractivity contribution in [1.82, 2.24) is 4.98 Å². The minimum absolute atomic E-state index is 0.221. The third kappa shape index (κ3) is 1.64. The van der Waals surface area contributed by atoms with Gasteiger partial charge in [0.15, 0.2) is 0 Å². The van der Waals surface area contributed by atoms with Crippen LogP contribution in [0.25, 0.3) is 21.8 Å². The minimum atomic E-state index is -0.221. The average Bonchev–Trinajstić information content (AvgIpc) is 2.78. The van der Waals surface area contributed by atoms with Crippen molar-refractivity contribution in [2.75, 3.05) is 7.11 Å². The molecule has 0 unspecified atom stereocenters. The van der Waals surface area contributed by atoms with Gasteiger partial charge in [0.2, 0.25) is 0 Å². The molecular weight excluding hydrogens is 226 g/mol. The van der Waals surface area contributed by atoms with Crippen molar-refractivity contribution in [2.45, 2.75) is 6.42 Å². The summed E-state index contributed by atoms with van der Waals surface area (Å²) in [5, 5.41) is 2.33. The van der Waals surface area contributed by atoms with E-state index in [1.165, 1.54) is 12.5 Å². The highest BCUT2D eigenvalue weighted by atomic mass is 16.5. The summed E-state index contributed by atoms with van der Waals surface area (Å²) in [5.41, 5.74) is 3.07. The second kappa shape index (κ2) is 4.18. The number of hydrogen-bond acceptors (Lipinski definition) is 2. The maximum atomic E-state index is 11.4. The second-order valence-corrected chi connectivity index (χ2v) is 4.26. The lowest BCUT2D eigenvalue weighted by molar-refractivity contribution is -0.139. The third-order valence-electron chi connectivity index (χ3n) is 3.19. The van der Waals surface area contributed by atoms with E-state index in [2.05, 4.69) is 17.1 Å². The van der Waals surface area contributed by atoms with E-state index < -0.39 is 0 Å². The minimum Gasteiger partial charge on any atom is -0.469 e. The van der Waals surface area contributed by atoms with E-state index in [0.29, 0.717) is 6.42 Å². The zero-order chi connectivity index (χ0) is 12.5. The normalized spacial score (nSPS) is 10.9. The number of hydrogen-bond donors (Lipinski definition) is 1. The fraction of sp³-hybridized carbons (Fsp3) is 0.133. The first kappa shape index (κ1) is 10.8. The number of aromatic nitrogens is 1. The van der Waals surface area contributed by atoms with Gasteiger partial charge in [-0.05, 0) is 11.6 Å². The van der Waals surface area contributed by atoms with Crippen molar-refractivity contribution < 1.29 is 9.53 Å². The smallest absolute Gasteiger partial charge is 0.310 e. The fourth-order valence-electron chi connectivity index (χ4n) is 2.31. The topological polar surface area (TPSA) is 42.1 Å². The molecule has 0 aliphatic heterocycles. The van der Waals surface area contributed by atoms with Crippen LogP contribution in [-0.4, -0.2) is 18.1 Å². The Morgan fingerprint density at radius 2 is 1.89 bits per heavy atom. The number of H-pyrrole nitrogens is 1. The summed E-state index contributed by atoms with van der Waals surface area (Å²) in [5.74, 6) is -0.221. The molecule has 1 aromatic heterocycles. The van der Waals surface area contributed by atoms with E-state index in [4.69, 9.17) is 4.74 Å². The molecule has 0 fully saturated rings. The van der Waals surface area contributed by atoms with Crippen LogP contribution >= 0.6 is 0 Å². The molecule has 0 radical (unpaired) electrons. The van der Waals surface area contributed by atoms with Gasteiger partial charge in [0.25, 0.3) is 0 Å². The van der Waals surface area contributed by atoms with Crippen molar-refractivity contribution in [3.8, 4) is 0 Å². The number of para-hydroxylation sites is 2. The summed E-state index contributed by atoms with van der Waals surface area (Å²) in [6.45, 7) is 0.